The Kier molecular flexibility index (Phi) is 5.04. The predicted molar refractivity (Wildman–Crippen MR) is 83.9 cm³/mol. The largest absolute Gasteiger partial charge is 0.490 e. The van der Waals surface area contributed by atoms with Crippen LogP contribution in [0.5, 0.6) is 11.5 Å². The smallest absolute Gasteiger partial charge is 0.161 e. The molecule has 0 saturated carbocycles. The molecule has 3 nitrogen and oxygen atoms in total. The minimum absolute atomic E-state index is 0.130. The first-order valence-electron chi connectivity index (χ1n) is 6.85. The average molecular weight is 291 g/mol. The van der Waals surface area contributed by atoms with Crippen molar-refractivity contribution in [2.75, 3.05) is 13.2 Å². The van der Waals surface area contributed by atoms with Gasteiger partial charge in [0.15, 0.2) is 11.5 Å². The predicted octanol–water partition coefficient (Wildman–Crippen LogP) is 3.90. The van der Waals surface area contributed by atoms with E-state index in [2.05, 4.69) is 18.4 Å². The van der Waals surface area contributed by atoms with Gasteiger partial charge in [-0.3, -0.25) is 0 Å². The summed E-state index contributed by atoms with van der Waals surface area (Å²) >= 11 is 1.72. The number of thiophene rings is 1. The Hall–Kier alpha value is -1.52. The highest BCUT2D eigenvalue weighted by atomic mass is 32.1. The monoisotopic (exact) mass is 291 g/mol. The lowest BCUT2D eigenvalue weighted by Gasteiger charge is -2.15. The highest BCUT2D eigenvalue weighted by Gasteiger charge is 2.14. The Morgan fingerprint density at radius 3 is 2.35 bits per heavy atom. The van der Waals surface area contributed by atoms with E-state index in [1.807, 2.05) is 32.0 Å². The number of benzene rings is 1. The molecule has 0 spiro atoms. The molecule has 0 bridgehead atoms. The van der Waals surface area contributed by atoms with E-state index in [-0.39, 0.29) is 6.04 Å². The second-order valence-corrected chi connectivity index (χ2v) is 5.66. The Labute approximate surface area is 124 Å². The van der Waals surface area contributed by atoms with Gasteiger partial charge < -0.3 is 15.2 Å². The standard InChI is InChI=1S/C16H21NO2S/c1-4-18-14-7-6-12(9-15(14)19-5-2)16(17)13-8-11(3)20-10-13/h6-10,16H,4-5,17H2,1-3H3. The summed E-state index contributed by atoms with van der Waals surface area (Å²) in [6.07, 6.45) is 0. The summed E-state index contributed by atoms with van der Waals surface area (Å²) in [6, 6.07) is 7.92. The molecule has 0 amide bonds. The van der Waals surface area contributed by atoms with Gasteiger partial charge in [0.05, 0.1) is 19.3 Å². The van der Waals surface area contributed by atoms with Crippen LogP contribution in [0.4, 0.5) is 0 Å². The molecule has 1 heterocycles. The van der Waals surface area contributed by atoms with Crippen molar-refractivity contribution in [3.63, 3.8) is 0 Å². The molecule has 1 unspecified atom stereocenters. The fourth-order valence-electron chi connectivity index (χ4n) is 2.08. The molecule has 2 rings (SSSR count). The zero-order valence-electron chi connectivity index (χ0n) is 12.2. The van der Waals surface area contributed by atoms with Crippen LogP contribution in [0.15, 0.2) is 29.6 Å². The summed E-state index contributed by atoms with van der Waals surface area (Å²) in [5.74, 6) is 1.53. The molecule has 2 N–H and O–H groups in total. The zero-order chi connectivity index (χ0) is 14.5. The van der Waals surface area contributed by atoms with Crippen LogP contribution >= 0.6 is 11.3 Å². The molecule has 0 fully saturated rings. The lowest BCUT2D eigenvalue weighted by molar-refractivity contribution is 0.287. The van der Waals surface area contributed by atoms with Gasteiger partial charge in [0, 0.05) is 4.88 Å². The molecule has 0 aliphatic carbocycles. The maximum absolute atomic E-state index is 6.33. The molecule has 0 aliphatic rings. The van der Waals surface area contributed by atoms with Crippen molar-refractivity contribution in [3.05, 3.63) is 45.6 Å². The van der Waals surface area contributed by atoms with Gasteiger partial charge in [-0.15, -0.1) is 11.3 Å². The third kappa shape index (κ3) is 3.32. The topological polar surface area (TPSA) is 44.5 Å². The minimum atomic E-state index is -0.130. The molecule has 0 aliphatic heterocycles. The van der Waals surface area contributed by atoms with E-state index in [0.29, 0.717) is 13.2 Å². The molecule has 20 heavy (non-hydrogen) atoms. The first-order chi connectivity index (χ1) is 9.65. The number of rotatable bonds is 6. The fraction of sp³-hybridized carbons (Fsp3) is 0.375. The van der Waals surface area contributed by atoms with Crippen molar-refractivity contribution >= 4 is 11.3 Å². The molecule has 2 aromatic rings. The molecule has 1 aromatic heterocycles. The van der Waals surface area contributed by atoms with E-state index >= 15 is 0 Å². The van der Waals surface area contributed by atoms with E-state index < -0.39 is 0 Å². The summed E-state index contributed by atoms with van der Waals surface area (Å²) in [4.78, 5) is 1.27. The average Bonchev–Trinajstić information content (AvgIpc) is 2.87. The molecule has 0 radical (unpaired) electrons. The van der Waals surface area contributed by atoms with Crippen LogP contribution in [-0.4, -0.2) is 13.2 Å². The first kappa shape index (κ1) is 14.9. The van der Waals surface area contributed by atoms with Crippen molar-refractivity contribution < 1.29 is 9.47 Å². The maximum Gasteiger partial charge on any atom is 0.161 e. The van der Waals surface area contributed by atoms with Gasteiger partial charge in [-0.25, -0.2) is 0 Å². The SMILES string of the molecule is CCOc1ccc(C(N)c2csc(C)c2)cc1OCC. The Bertz CT molecular complexity index is 565. The zero-order valence-corrected chi connectivity index (χ0v) is 13.0. The van der Waals surface area contributed by atoms with E-state index in [9.17, 15) is 0 Å². The third-order valence-corrected chi connectivity index (χ3v) is 3.92. The molecular formula is C16H21NO2S. The Morgan fingerprint density at radius 2 is 1.75 bits per heavy atom. The molecule has 4 heteroatoms. The van der Waals surface area contributed by atoms with Crippen LogP contribution in [0.3, 0.4) is 0 Å². The first-order valence-corrected chi connectivity index (χ1v) is 7.73. The van der Waals surface area contributed by atoms with Crippen molar-refractivity contribution in [1.82, 2.24) is 0 Å². The number of aryl methyl sites for hydroxylation is 1. The van der Waals surface area contributed by atoms with E-state index in [0.717, 1.165) is 22.6 Å². The second kappa shape index (κ2) is 6.77. The van der Waals surface area contributed by atoms with E-state index in [4.69, 9.17) is 15.2 Å². The number of hydrogen-bond donors (Lipinski definition) is 1. The van der Waals surface area contributed by atoms with Crippen molar-refractivity contribution in [3.8, 4) is 11.5 Å². The van der Waals surface area contributed by atoms with Gasteiger partial charge in [-0.2, -0.15) is 0 Å². The summed E-state index contributed by atoms with van der Waals surface area (Å²) in [6.45, 7) is 7.24. The Balaban J connectivity index is 2.29. The van der Waals surface area contributed by atoms with Gasteiger partial charge in [-0.1, -0.05) is 6.07 Å². The van der Waals surface area contributed by atoms with Crippen LogP contribution in [0.2, 0.25) is 0 Å². The highest BCUT2D eigenvalue weighted by molar-refractivity contribution is 7.10. The number of ether oxygens (including phenoxy) is 2. The van der Waals surface area contributed by atoms with Gasteiger partial charge in [-0.05, 0) is 55.5 Å². The number of nitrogens with two attached hydrogens (primary N) is 1. The fourth-order valence-corrected chi connectivity index (χ4v) is 2.82. The quantitative estimate of drug-likeness (QED) is 0.878. The van der Waals surface area contributed by atoms with Crippen LogP contribution < -0.4 is 15.2 Å². The number of hydrogen-bond acceptors (Lipinski definition) is 4. The molecule has 1 aromatic carbocycles. The molecule has 0 saturated heterocycles. The van der Waals surface area contributed by atoms with Crippen LogP contribution in [-0.2, 0) is 0 Å². The third-order valence-electron chi connectivity index (χ3n) is 3.04. The van der Waals surface area contributed by atoms with Crippen LogP contribution in [0.25, 0.3) is 0 Å². The Morgan fingerprint density at radius 1 is 1.05 bits per heavy atom. The molecular weight excluding hydrogens is 270 g/mol. The summed E-state index contributed by atoms with van der Waals surface area (Å²) in [7, 11) is 0. The van der Waals surface area contributed by atoms with E-state index in [1.54, 1.807) is 11.3 Å². The van der Waals surface area contributed by atoms with Crippen molar-refractivity contribution in [1.29, 1.82) is 0 Å². The molecule has 108 valence electrons. The van der Waals surface area contributed by atoms with Crippen molar-refractivity contribution in [2.45, 2.75) is 26.8 Å². The van der Waals surface area contributed by atoms with Gasteiger partial charge >= 0.3 is 0 Å². The van der Waals surface area contributed by atoms with Crippen LogP contribution in [0.1, 0.15) is 35.9 Å². The summed E-state index contributed by atoms with van der Waals surface area (Å²) < 4.78 is 11.2. The molecule has 1 atom stereocenters. The lowest BCUT2D eigenvalue weighted by Crippen LogP contribution is -2.11. The maximum atomic E-state index is 6.33. The minimum Gasteiger partial charge on any atom is -0.490 e. The van der Waals surface area contributed by atoms with E-state index in [1.165, 1.54) is 4.88 Å². The van der Waals surface area contributed by atoms with Crippen molar-refractivity contribution in [2.24, 2.45) is 5.73 Å². The summed E-state index contributed by atoms with van der Waals surface area (Å²) in [5, 5.41) is 2.11. The highest BCUT2D eigenvalue weighted by Crippen LogP contribution is 2.32. The van der Waals surface area contributed by atoms with Gasteiger partial charge in [0.2, 0.25) is 0 Å². The van der Waals surface area contributed by atoms with Gasteiger partial charge in [0.25, 0.3) is 0 Å². The summed E-state index contributed by atoms with van der Waals surface area (Å²) in [5.41, 5.74) is 8.50. The second-order valence-electron chi connectivity index (χ2n) is 4.54. The van der Waals surface area contributed by atoms with Crippen LogP contribution in [0, 0.1) is 6.92 Å². The normalized spacial score (nSPS) is 12.2. The van der Waals surface area contributed by atoms with Gasteiger partial charge in [0.1, 0.15) is 0 Å². The lowest BCUT2D eigenvalue weighted by atomic mass is 10.0.